The Morgan fingerprint density at radius 2 is 2.17 bits per heavy atom. The predicted octanol–water partition coefficient (Wildman–Crippen LogP) is 3.96. The predicted molar refractivity (Wildman–Crippen MR) is 94.6 cm³/mol. The second kappa shape index (κ2) is 7.66. The van der Waals surface area contributed by atoms with Crippen molar-refractivity contribution in [3.63, 3.8) is 0 Å². The fourth-order valence-corrected chi connectivity index (χ4v) is 3.28. The first-order valence-electron chi connectivity index (χ1n) is 7.69. The van der Waals surface area contributed by atoms with Gasteiger partial charge in [0.15, 0.2) is 11.1 Å². The zero-order valence-corrected chi connectivity index (χ0v) is 14.4. The Morgan fingerprint density at radius 3 is 2.70 bits per heavy atom. The normalized spacial score (nSPS) is 14.4. The monoisotopic (exact) mass is 334 g/mol. The van der Waals surface area contributed by atoms with Crippen LogP contribution < -0.4 is 0 Å². The van der Waals surface area contributed by atoms with Gasteiger partial charge in [-0.2, -0.15) is 0 Å². The van der Waals surface area contributed by atoms with Crippen LogP contribution in [0.4, 0.5) is 0 Å². The molecule has 1 aromatic heterocycles. The molecular formula is C17H22N2O3S. The Bertz CT molecular complexity index is 765. The van der Waals surface area contributed by atoms with Crippen LogP contribution in [-0.4, -0.2) is 28.2 Å². The van der Waals surface area contributed by atoms with Crippen LogP contribution in [-0.2, 0) is 23.9 Å². The van der Waals surface area contributed by atoms with Gasteiger partial charge >= 0.3 is 0 Å². The minimum absolute atomic E-state index is 0.322. The van der Waals surface area contributed by atoms with Crippen LogP contribution in [0.3, 0.4) is 0 Å². The van der Waals surface area contributed by atoms with Crippen LogP contribution in [0, 0.1) is 5.41 Å². The maximum Gasteiger partial charge on any atom is 0.186 e. The molecule has 0 radical (unpaired) electrons. The van der Waals surface area contributed by atoms with Crippen molar-refractivity contribution in [1.29, 1.82) is 5.41 Å². The summed E-state index contributed by atoms with van der Waals surface area (Å²) in [6.45, 7) is 4.14. The molecule has 1 aromatic carbocycles. The number of aliphatic imine (C=N–C) groups is 1. The summed E-state index contributed by atoms with van der Waals surface area (Å²) in [5.74, 6) is 0.542. The summed E-state index contributed by atoms with van der Waals surface area (Å²) in [5, 5.41) is 8.51. The highest BCUT2D eigenvalue weighted by atomic mass is 32.2. The maximum atomic E-state index is 11.6. The van der Waals surface area contributed by atoms with Gasteiger partial charge in [0, 0.05) is 42.4 Å². The maximum absolute atomic E-state index is 11.6. The van der Waals surface area contributed by atoms with Crippen LogP contribution in [0.2, 0.25) is 0 Å². The van der Waals surface area contributed by atoms with Gasteiger partial charge in [0.25, 0.3) is 0 Å². The minimum Gasteiger partial charge on any atom is -0.460 e. The molecular weight excluding hydrogens is 312 g/mol. The van der Waals surface area contributed by atoms with Crippen molar-refractivity contribution in [2.24, 2.45) is 4.99 Å². The first-order valence-corrected chi connectivity index (χ1v) is 8.79. The summed E-state index contributed by atoms with van der Waals surface area (Å²) in [7, 11) is 1.64. The van der Waals surface area contributed by atoms with Gasteiger partial charge in [-0.25, -0.2) is 4.21 Å². The molecule has 2 rings (SSSR count). The van der Waals surface area contributed by atoms with Gasteiger partial charge < -0.3 is 14.4 Å². The van der Waals surface area contributed by atoms with Gasteiger partial charge in [0.05, 0.1) is 10.8 Å². The molecule has 1 heterocycles. The topological polar surface area (TPSA) is 86.7 Å². The molecule has 2 atom stereocenters. The van der Waals surface area contributed by atoms with Crippen molar-refractivity contribution in [2.75, 3.05) is 7.05 Å². The van der Waals surface area contributed by atoms with Crippen molar-refractivity contribution in [3.8, 4) is 0 Å². The first-order chi connectivity index (χ1) is 11.1. The molecule has 0 spiro atoms. The molecule has 0 aliphatic heterocycles. The van der Waals surface area contributed by atoms with E-state index in [0.717, 1.165) is 36.0 Å². The number of aryl methyl sites for hydroxylation is 2. The minimum atomic E-state index is -2.08. The van der Waals surface area contributed by atoms with Gasteiger partial charge in [0.1, 0.15) is 11.3 Å². The van der Waals surface area contributed by atoms with E-state index in [1.165, 1.54) is 6.21 Å². The van der Waals surface area contributed by atoms with Crippen LogP contribution in [0.15, 0.2) is 26.4 Å². The second-order valence-electron chi connectivity index (χ2n) is 5.35. The Labute approximate surface area is 138 Å². The van der Waals surface area contributed by atoms with Crippen LogP contribution in [0.5, 0.6) is 0 Å². The molecule has 0 fully saturated rings. The third-order valence-electron chi connectivity index (χ3n) is 3.86. The zero-order chi connectivity index (χ0) is 17.0. The summed E-state index contributed by atoms with van der Waals surface area (Å²) in [5.41, 5.74) is 2.47. The van der Waals surface area contributed by atoms with E-state index >= 15 is 0 Å². The Morgan fingerprint density at radius 1 is 1.43 bits per heavy atom. The van der Waals surface area contributed by atoms with E-state index in [1.54, 1.807) is 25.4 Å². The summed E-state index contributed by atoms with van der Waals surface area (Å²) >= 11 is -2.08. The lowest BCUT2D eigenvalue weighted by Crippen LogP contribution is -2.03. The van der Waals surface area contributed by atoms with Crippen LogP contribution >= 0.6 is 0 Å². The van der Waals surface area contributed by atoms with E-state index in [0.29, 0.717) is 16.0 Å². The Balaban J connectivity index is 2.82. The Hall–Kier alpha value is -1.79. The molecule has 23 heavy (non-hydrogen) atoms. The molecule has 0 amide bonds. The smallest absolute Gasteiger partial charge is 0.186 e. The average molecular weight is 334 g/mol. The molecule has 2 N–H and O–H groups in total. The highest BCUT2D eigenvalue weighted by Crippen LogP contribution is 2.34. The van der Waals surface area contributed by atoms with E-state index in [1.807, 2.05) is 6.92 Å². The fraction of sp³-hybridized carbons (Fsp3) is 0.412. The number of rotatable bonds is 7. The molecule has 124 valence electrons. The lowest BCUT2D eigenvalue weighted by atomic mass is 9.97. The van der Waals surface area contributed by atoms with Crippen LogP contribution in [0.25, 0.3) is 11.0 Å². The number of nitrogens with zero attached hydrogens (tertiary/aromatic N) is 1. The molecule has 0 saturated carbocycles. The number of hydrogen-bond donors (Lipinski definition) is 2. The number of benzene rings is 1. The SMILES string of the molecule is CCCc1oc2c(C(C=N)C=NC)cc(S(=O)O)cc2c1CC. The summed E-state index contributed by atoms with van der Waals surface area (Å²) in [4.78, 5) is 4.32. The molecule has 5 nitrogen and oxygen atoms in total. The van der Waals surface area contributed by atoms with E-state index < -0.39 is 11.1 Å². The number of hydrogen-bond acceptors (Lipinski definition) is 4. The number of furan rings is 1. The van der Waals surface area contributed by atoms with Crippen molar-refractivity contribution in [2.45, 2.75) is 43.9 Å². The zero-order valence-electron chi connectivity index (χ0n) is 13.6. The molecule has 2 aromatic rings. The summed E-state index contributed by atoms with van der Waals surface area (Å²) < 4.78 is 27.2. The van der Waals surface area contributed by atoms with Crippen molar-refractivity contribution in [1.82, 2.24) is 0 Å². The van der Waals surface area contributed by atoms with Crippen molar-refractivity contribution >= 4 is 34.5 Å². The lowest BCUT2D eigenvalue weighted by Gasteiger charge is -2.09. The number of fused-ring (bicyclic) bond motifs is 1. The third-order valence-corrected chi connectivity index (χ3v) is 4.50. The second-order valence-corrected chi connectivity index (χ2v) is 6.32. The average Bonchev–Trinajstić information content (AvgIpc) is 2.89. The van der Waals surface area contributed by atoms with Gasteiger partial charge in [-0.1, -0.05) is 13.8 Å². The summed E-state index contributed by atoms with van der Waals surface area (Å²) in [6, 6.07) is 3.36. The van der Waals surface area contributed by atoms with E-state index in [4.69, 9.17) is 9.83 Å². The molecule has 0 aliphatic carbocycles. The lowest BCUT2D eigenvalue weighted by molar-refractivity contribution is 0.536. The van der Waals surface area contributed by atoms with Gasteiger partial charge in [-0.15, -0.1) is 0 Å². The van der Waals surface area contributed by atoms with Gasteiger partial charge in [0.2, 0.25) is 0 Å². The Kier molecular flexibility index (Phi) is 5.85. The molecule has 2 unspecified atom stereocenters. The van der Waals surface area contributed by atoms with Crippen molar-refractivity contribution in [3.05, 3.63) is 29.0 Å². The fourth-order valence-electron chi connectivity index (χ4n) is 2.84. The highest BCUT2D eigenvalue weighted by molar-refractivity contribution is 7.79. The van der Waals surface area contributed by atoms with Crippen LogP contribution in [0.1, 0.15) is 43.1 Å². The highest BCUT2D eigenvalue weighted by Gasteiger charge is 2.21. The third kappa shape index (κ3) is 3.43. The number of nitrogens with one attached hydrogen (secondary N) is 1. The first kappa shape index (κ1) is 17.6. The van der Waals surface area contributed by atoms with Gasteiger partial charge in [-0.05, 0) is 25.0 Å². The largest absolute Gasteiger partial charge is 0.460 e. The molecule has 0 bridgehead atoms. The van der Waals surface area contributed by atoms with E-state index in [2.05, 4.69) is 11.9 Å². The van der Waals surface area contributed by atoms with Gasteiger partial charge in [-0.3, -0.25) is 4.99 Å². The molecule has 6 heteroatoms. The van der Waals surface area contributed by atoms with Crippen molar-refractivity contribution < 1.29 is 13.2 Å². The quantitative estimate of drug-likeness (QED) is 0.593. The molecule has 0 aliphatic rings. The summed E-state index contributed by atoms with van der Waals surface area (Å²) in [6.07, 6.45) is 5.48. The van der Waals surface area contributed by atoms with E-state index in [-0.39, 0.29) is 5.92 Å². The van der Waals surface area contributed by atoms with E-state index in [9.17, 15) is 8.76 Å². The molecule has 0 saturated heterocycles. The standard InChI is InChI=1S/C17H22N2O3S/c1-4-6-16-13(5-2)15-8-12(23(20)21)7-14(17(15)22-16)11(9-18)10-19-3/h7-11,18H,4-6H2,1-3H3,(H,20,21).